The standard InChI is InChI=1S/C24H27ClN2O6/c1-6-32-22(29)24(3,4)33-21-18(25)11-16(12-19(21)31-5)13-27-20(28)14-26(23(27)30)17-9-7-15(2)8-10-17/h7-12H,6,13-14H2,1-5H3. The van der Waals surface area contributed by atoms with Crippen molar-refractivity contribution in [1.29, 1.82) is 0 Å². The average molecular weight is 475 g/mol. The molecule has 0 aromatic heterocycles. The van der Waals surface area contributed by atoms with E-state index in [9.17, 15) is 14.4 Å². The summed E-state index contributed by atoms with van der Waals surface area (Å²) in [5.74, 6) is -0.429. The highest BCUT2D eigenvalue weighted by molar-refractivity contribution is 6.32. The minimum absolute atomic E-state index is 0.0116. The number of anilines is 1. The van der Waals surface area contributed by atoms with Crippen molar-refractivity contribution in [2.45, 2.75) is 39.8 Å². The van der Waals surface area contributed by atoms with E-state index < -0.39 is 17.6 Å². The summed E-state index contributed by atoms with van der Waals surface area (Å²) in [6.07, 6.45) is 0. The molecule has 2 aromatic carbocycles. The van der Waals surface area contributed by atoms with E-state index in [1.165, 1.54) is 12.0 Å². The lowest BCUT2D eigenvalue weighted by Crippen LogP contribution is -2.40. The molecule has 3 amide bonds. The van der Waals surface area contributed by atoms with Gasteiger partial charge < -0.3 is 14.2 Å². The van der Waals surface area contributed by atoms with Crippen molar-refractivity contribution in [1.82, 2.24) is 4.90 Å². The maximum atomic E-state index is 12.9. The molecule has 1 fully saturated rings. The first-order valence-corrected chi connectivity index (χ1v) is 10.9. The third kappa shape index (κ3) is 5.22. The number of hydrogen-bond acceptors (Lipinski definition) is 6. The average Bonchev–Trinajstić information content (AvgIpc) is 3.04. The number of nitrogens with zero attached hydrogens (tertiary/aromatic N) is 2. The molecule has 2 aromatic rings. The maximum Gasteiger partial charge on any atom is 0.349 e. The van der Waals surface area contributed by atoms with Crippen LogP contribution in [0.3, 0.4) is 0 Å². The SMILES string of the molecule is CCOC(=O)C(C)(C)Oc1c(Cl)cc(CN2C(=O)CN(c3ccc(C)cc3)C2=O)cc1OC. The highest BCUT2D eigenvalue weighted by Crippen LogP contribution is 2.39. The molecule has 0 radical (unpaired) electrons. The fourth-order valence-corrected chi connectivity index (χ4v) is 3.64. The second kappa shape index (κ2) is 9.70. The zero-order valence-corrected chi connectivity index (χ0v) is 20.1. The fourth-order valence-electron chi connectivity index (χ4n) is 3.37. The van der Waals surface area contributed by atoms with Crippen molar-refractivity contribution in [2.75, 3.05) is 25.2 Å². The van der Waals surface area contributed by atoms with E-state index in [0.717, 1.165) is 10.5 Å². The van der Waals surface area contributed by atoms with E-state index in [2.05, 4.69) is 0 Å². The van der Waals surface area contributed by atoms with Crippen molar-refractivity contribution in [3.8, 4) is 11.5 Å². The minimum atomic E-state index is -1.30. The van der Waals surface area contributed by atoms with E-state index in [4.69, 9.17) is 25.8 Å². The van der Waals surface area contributed by atoms with Crippen LogP contribution in [0.4, 0.5) is 10.5 Å². The van der Waals surface area contributed by atoms with E-state index >= 15 is 0 Å². The van der Waals surface area contributed by atoms with Crippen LogP contribution in [0.5, 0.6) is 11.5 Å². The summed E-state index contributed by atoms with van der Waals surface area (Å²) >= 11 is 6.44. The number of amides is 3. The van der Waals surface area contributed by atoms with Crippen molar-refractivity contribution < 1.29 is 28.6 Å². The molecular formula is C24H27ClN2O6. The predicted octanol–water partition coefficient (Wildman–Crippen LogP) is 4.35. The Morgan fingerprint density at radius 2 is 1.82 bits per heavy atom. The molecule has 1 saturated heterocycles. The molecule has 0 atom stereocenters. The van der Waals surface area contributed by atoms with E-state index in [-0.39, 0.29) is 42.1 Å². The number of urea groups is 1. The molecule has 1 heterocycles. The van der Waals surface area contributed by atoms with Crippen LogP contribution in [0.15, 0.2) is 36.4 Å². The van der Waals surface area contributed by atoms with Gasteiger partial charge in [-0.2, -0.15) is 0 Å². The number of hydrogen-bond donors (Lipinski definition) is 0. The first kappa shape index (κ1) is 24.4. The van der Waals surface area contributed by atoms with Crippen LogP contribution in [0.1, 0.15) is 31.9 Å². The molecule has 0 aliphatic carbocycles. The van der Waals surface area contributed by atoms with Gasteiger partial charge in [0.2, 0.25) is 0 Å². The van der Waals surface area contributed by atoms with Crippen LogP contribution in [-0.2, 0) is 20.9 Å². The zero-order valence-electron chi connectivity index (χ0n) is 19.3. The van der Waals surface area contributed by atoms with Gasteiger partial charge >= 0.3 is 12.0 Å². The smallest absolute Gasteiger partial charge is 0.349 e. The third-order valence-corrected chi connectivity index (χ3v) is 5.44. The molecule has 1 aliphatic rings. The summed E-state index contributed by atoms with van der Waals surface area (Å²) in [7, 11) is 1.44. The molecule has 8 nitrogen and oxygen atoms in total. The van der Waals surface area contributed by atoms with Crippen LogP contribution >= 0.6 is 11.6 Å². The third-order valence-electron chi connectivity index (χ3n) is 5.16. The number of aryl methyl sites for hydroxylation is 1. The van der Waals surface area contributed by atoms with Gasteiger partial charge in [0.1, 0.15) is 6.54 Å². The Kier molecular flexibility index (Phi) is 7.17. The Morgan fingerprint density at radius 3 is 2.42 bits per heavy atom. The number of ether oxygens (including phenoxy) is 3. The summed E-state index contributed by atoms with van der Waals surface area (Å²) in [6.45, 7) is 6.97. The van der Waals surface area contributed by atoms with Crippen LogP contribution < -0.4 is 14.4 Å². The lowest BCUT2D eigenvalue weighted by molar-refractivity contribution is -0.158. The molecule has 0 N–H and O–H groups in total. The summed E-state index contributed by atoms with van der Waals surface area (Å²) in [4.78, 5) is 40.3. The van der Waals surface area contributed by atoms with Gasteiger partial charge in [0, 0.05) is 5.69 Å². The minimum Gasteiger partial charge on any atom is -0.493 e. The van der Waals surface area contributed by atoms with Gasteiger partial charge in [-0.05, 0) is 57.5 Å². The van der Waals surface area contributed by atoms with Crippen molar-refractivity contribution in [3.05, 3.63) is 52.5 Å². The van der Waals surface area contributed by atoms with Crippen LogP contribution in [0.25, 0.3) is 0 Å². The molecular weight excluding hydrogens is 448 g/mol. The Balaban J connectivity index is 1.82. The van der Waals surface area contributed by atoms with Crippen LogP contribution in [0, 0.1) is 6.92 Å². The monoisotopic (exact) mass is 474 g/mol. The van der Waals surface area contributed by atoms with Gasteiger partial charge in [0.15, 0.2) is 17.1 Å². The van der Waals surface area contributed by atoms with Gasteiger partial charge in [-0.1, -0.05) is 29.3 Å². The highest BCUT2D eigenvalue weighted by atomic mass is 35.5. The summed E-state index contributed by atoms with van der Waals surface area (Å²) < 4.78 is 16.3. The normalized spacial score (nSPS) is 14.0. The number of esters is 1. The number of methoxy groups -OCH3 is 1. The fraction of sp³-hybridized carbons (Fsp3) is 0.375. The van der Waals surface area contributed by atoms with Crippen molar-refractivity contribution in [2.24, 2.45) is 0 Å². The lowest BCUT2D eigenvalue weighted by Gasteiger charge is -2.26. The largest absolute Gasteiger partial charge is 0.493 e. The lowest BCUT2D eigenvalue weighted by atomic mass is 10.1. The Bertz CT molecular complexity index is 1070. The molecule has 9 heteroatoms. The second-order valence-corrected chi connectivity index (χ2v) is 8.53. The molecule has 3 rings (SSSR count). The second-order valence-electron chi connectivity index (χ2n) is 8.13. The molecule has 176 valence electrons. The Labute approximate surface area is 198 Å². The summed E-state index contributed by atoms with van der Waals surface area (Å²) in [5, 5.41) is 0.177. The van der Waals surface area contributed by atoms with Gasteiger partial charge in [-0.15, -0.1) is 0 Å². The zero-order chi connectivity index (χ0) is 24.3. The predicted molar refractivity (Wildman–Crippen MR) is 124 cm³/mol. The first-order chi connectivity index (χ1) is 15.6. The van der Waals surface area contributed by atoms with E-state index in [1.807, 2.05) is 19.1 Å². The maximum absolute atomic E-state index is 12.9. The van der Waals surface area contributed by atoms with Crippen LogP contribution in [-0.4, -0.2) is 48.7 Å². The number of rotatable bonds is 8. The number of carbonyl (C=O) groups excluding carboxylic acids is 3. The van der Waals surface area contributed by atoms with Crippen molar-refractivity contribution >= 4 is 35.2 Å². The van der Waals surface area contributed by atoms with Gasteiger partial charge in [0.05, 0.1) is 25.3 Å². The molecule has 0 unspecified atom stereocenters. The molecule has 0 saturated carbocycles. The number of imide groups is 1. The van der Waals surface area contributed by atoms with Crippen molar-refractivity contribution in [3.63, 3.8) is 0 Å². The van der Waals surface area contributed by atoms with Gasteiger partial charge in [-0.3, -0.25) is 14.6 Å². The molecule has 0 spiro atoms. The quantitative estimate of drug-likeness (QED) is 0.418. The molecule has 0 bridgehead atoms. The summed E-state index contributed by atoms with van der Waals surface area (Å²) in [5.41, 5.74) is 0.987. The number of halogens is 1. The van der Waals surface area contributed by atoms with Crippen LogP contribution in [0.2, 0.25) is 5.02 Å². The number of benzene rings is 2. The van der Waals surface area contributed by atoms with E-state index in [1.54, 1.807) is 45.0 Å². The Hall–Kier alpha value is -3.26. The topological polar surface area (TPSA) is 85.4 Å². The Morgan fingerprint density at radius 1 is 1.15 bits per heavy atom. The number of carbonyl (C=O) groups is 3. The van der Waals surface area contributed by atoms with Gasteiger partial charge in [-0.25, -0.2) is 9.59 Å². The van der Waals surface area contributed by atoms with E-state index in [0.29, 0.717) is 11.3 Å². The molecule has 1 aliphatic heterocycles. The summed E-state index contributed by atoms with van der Waals surface area (Å²) in [6, 6.07) is 10.2. The van der Waals surface area contributed by atoms with Gasteiger partial charge in [0.25, 0.3) is 5.91 Å². The molecule has 33 heavy (non-hydrogen) atoms. The first-order valence-electron chi connectivity index (χ1n) is 10.5. The highest BCUT2D eigenvalue weighted by Gasteiger charge is 2.37.